The van der Waals surface area contributed by atoms with Crippen molar-refractivity contribution >= 4 is 11.9 Å². The number of rotatable bonds is 30. The van der Waals surface area contributed by atoms with Gasteiger partial charge in [0.05, 0.1) is 0 Å². The Balaban J connectivity index is -0.000000647. The molecule has 0 unspecified atom stereocenters. The largest absolute Gasteiger partial charge is 0.481 e. The summed E-state index contributed by atoms with van der Waals surface area (Å²) in [5.41, 5.74) is 0. The molecule has 0 aromatic rings. The highest BCUT2D eigenvalue weighted by Crippen LogP contribution is 2.14. The molecule has 0 aromatic heterocycles. The van der Waals surface area contributed by atoms with Crippen LogP contribution in [0.2, 0.25) is 0 Å². The first-order valence-electron chi connectivity index (χ1n) is 17.5. The first-order chi connectivity index (χ1) is 19.5. The molecule has 0 spiro atoms. The minimum atomic E-state index is -0.655. The van der Waals surface area contributed by atoms with Crippen LogP contribution in [-0.4, -0.2) is 22.2 Å². The first kappa shape index (κ1) is 43.1. The third-order valence-electron chi connectivity index (χ3n) is 7.49. The van der Waals surface area contributed by atoms with Gasteiger partial charge in [-0.2, -0.15) is 0 Å². The van der Waals surface area contributed by atoms with E-state index in [1.807, 2.05) is 0 Å². The summed E-state index contributed by atoms with van der Waals surface area (Å²) in [6, 6.07) is 0. The van der Waals surface area contributed by atoms with Crippen LogP contribution in [0.3, 0.4) is 0 Å². The van der Waals surface area contributed by atoms with Crippen molar-refractivity contribution < 1.29 is 19.8 Å². The summed E-state index contributed by atoms with van der Waals surface area (Å²) in [6.07, 6.45) is 37.5. The second-order valence-corrected chi connectivity index (χ2v) is 11.5. The maximum absolute atomic E-state index is 10.3. The zero-order valence-corrected chi connectivity index (χ0v) is 27.3. The van der Waals surface area contributed by atoms with Crippen LogP contribution >= 0.6 is 0 Å². The summed E-state index contributed by atoms with van der Waals surface area (Å²) in [4.78, 5) is 20.6. The van der Waals surface area contributed by atoms with Crippen LogP contribution in [0.1, 0.15) is 206 Å². The van der Waals surface area contributed by atoms with E-state index in [-0.39, 0.29) is 0 Å². The van der Waals surface area contributed by atoms with Crippen molar-refractivity contribution in [1.82, 2.24) is 0 Å². The third kappa shape index (κ3) is 49.6. The maximum Gasteiger partial charge on any atom is 0.303 e. The molecule has 4 nitrogen and oxygen atoms in total. The van der Waals surface area contributed by atoms with E-state index in [2.05, 4.69) is 27.0 Å². The monoisotopic (exact) mass is 569 g/mol. The molecule has 0 aromatic carbocycles. The molecule has 0 radical (unpaired) electrons. The molecular weight excluding hydrogens is 496 g/mol. The molecule has 40 heavy (non-hydrogen) atoms. The van der Waals surface area contributed by atoms with Gasteiger partial charge in [-0.1, -0.05) is 181 Å². The molecular formula is C36H72O4. The van der Waals surface area contributed by atoms with Crippen LogP contribution in [0.5, 0.6) is 0 Å². The molecule has 0 amide bonds. The standard InChI is InChI=1S/C18H36O2.C16H32O2.C2H4/c1-2-3-4-5-6-7-8-9-10-11-12-13-14-15-16-17-18(19)20;1-2-3-4-5-6-7-8-9-10-11-12-13-14-15-16(17)18;1-2/h2-17H2,1H3,(H,19,20);2-15H2,1H3,(H,17,18);1-2H2. The van der Waals surface area contributed by atoms with E-state index in [4.69, 9.17) is 10.2 Å². The summed E-state index contributed by atoms with van der Waals surface area (Å²) < 4.78 is 0. The minimum absolute atomic E-state index is 0.345. The Hall–Kier alpha value is -1.32. The molecule has 4 heteroatoms. The van der Waals surface area contributed by atoms with Crippen molar-refractivity contribution in [3.05, 3.63) is 13.2 Å². The predicted molar refractivity (Wildman–Crippen MR) is 176 cm³/mol. The Bertz CT molecular complexity index is 477. The number of carboxylic acid groups (broad SMARTS) is 2. The van der Waals surface area contributed by atoms with Crippen LogP contribution in [0.15, 0.2) is 13.2 Å². The lowest BCUT2D eigenvalue weighted by Crippen LogP contribution is -1.93. The predicted octanol–water partition coefficient (Wildman–Crippen LogP) is 12.7. The topological polar surface area (TPSA) is 74.6 Å². The van der Waals surface area contributed by atoms with E-state index in [1.54, 1.807) is 0 Å². The van der Waals surface area contributed by atoms with Gasteiger partial charge in [0, 0.05) is 12.8 Å². The van der Waals surface area contributed by atoms with Gasteiger partial charge in [0.1, 0.15) is 0 Å². The smallest absolute Gasteiger partial charge is 0.303 e. The normalized spacial score (nSPS) is 10.3. The van der Waals surface area contributed by atoms with Gasteiger partial charge in [0.2, 0.25) is 0 Å². The summed E-state index contributed by atoms with van der Waals surface area (Å²) in [5, 5.41) is 17.0. The van der Waals surface area contributed by atoms with Gasteiger partial charge in [-0.25, -0.2) is 0 Å². The number of unbranched alkanes of at least 4 members (excludes halogenated alkanes) is 26. The first-order valence-corrected chi connectivity index (χ1v) is 17.5. The van der Waals surface area contributed by atoms with E-state index in [9.17, 15) is 9.59 Å². The van der Waals surface area contributed by atoms with Gasteiger partial charge < -0.3 is 10.2 Å². The Kier molecular flexibility index (Phi) is 45.5. The number of carbonyl (C=O) groups is 2. The van der Waals surface area contributed by atoms with Gasteiger partial charge in [0.25, 0.3) is 0 Å². The number of hydrogen-bond acceptors (Lipinski definition) is 2. The summed E-state index contributed by atoms with van der Waals surface area (Å²) in [5.74, 6) is -1.31. The molecule has 0 heterocycles. The molecule has 240 valence electrons. The van der Waals surface area contributed by atoms with E-state index >= 15 is 0 Å². The molecule has 0 bridgehead atoms. The molecule has 0 saturated heterocycles. The average Bonchev–Trinajstić information content (AvgIpc) is 2.94. The molecule has 0 atom stereocenters. The van der Waals surface area contributed by atoms with Crippen LogP contribution < -0.4 is 0 Å². The van der Waals surface area contributed by atoms with Gasteiger partial charge >= 0.3 is 11.9 Å². The molecule has 0 fully saturated rings. The molecule has 0 rings (SSSR count). The van der Waals surface area contributed by atoms with Crippen LogP contribution in [-0.2, 0) is 9.59 Å². The number of aliphatic carboxylic acids is 2. The van der Waals surface area contributed by atoms with Gasteiger partial charge in [-0.3, -0.25) is 9.59 Å². The van der Waals surface area contributed by atoms with Crippen molar-refractivity contribution in [2.24, 2.45) is 0 Å². The van der Waals surface area contributed by atoms with Gasteiger partial charge in [0.15, 0.2) is 0 Å². The fourth-order valence-electron chi connectivity index (χ4n) is 4.94. The lowest BCUT2D eigenvalue weighted by Gasteiger charge is -2.03. The highest BCUT2D eigenvalue weighted by Gasteiger charge is 1.98. The summed E-state index contributed by atoms with van der Waals surface area (Å²) in [6.45, 7) is 10.5. The van der Waals surface area contributed by atoms with Crippen LogP contribution in [0.25, 0.3) is 0 Å². The highest BCUT2D eigenvalue weighted by molar-refractivity contribution is 5.66. The Morgan fingerprint density at radius 2 is 0.500 bits per heavy atom. The average molecular weight is 569 g/mol. The fraction of sp³-hybridized carbons (Fsp3) is 0.889. The molecule has 0 aliphatic carbocycles. The Morgan fingerprint density at radius 1 is 0.350 bits per heavy atom. The van der Waals surface area contributed by atoms with E-state index in [1.165, 1.54) is 154 Å². The van der Waals surface area contributed by atoms with Crippen molar-refractivity contribution in [1.29, 1.82) is 0 Å². The zero-order chi connectivity index (χ0) is 30.4. The highest BCUT2D eigenvalue weighted by atomic mass is 16.4. The zero-order valence-electron chi connectivity index (χ0n) is 27.3. The SMILES string of the molecule is C=C.CCCCCCCCCCCCCCCC(=O)O.CCCCCCCCCCCCCCCCCC(=O)O. The van der Waals surface area contributed by atoms with Gasteiger partial charge in [-0.05, 0) is 12.8 Å². The lowest BCUT2D eigenvalue weighted by atomic mass is 10.0. The van der Waals surface area contributed by atoms with Crippen molar-refractivity contribution in [2.45, 2.75) is 206 Å². The molecule has 0 aliphatic rings. The van der Waals surface area contributed by atoms with Gasteiger partial charge in [-0.15, -0.1) is 13.2 Å². The Labute approximate surface area is 251 Å². The summed E-state index contributed by atoms with van der Waals surface area (Å²) in [7, 11) is 0. The van der Waals surface area contributed by atoms with E-state index in [0.29, 0.717) is 12.8 Å². The van der Waals surface area contributed by atoms with Crippen molar-refractivity contribution in [3.63, 3.8) is 0 Å². The van der Waals surface area contributed by atoms with Crippen LogP contribution in [0, 0.1) is 0 Å². The van der Waals surface area contributed by atoms with Crippen LogP contribution in [0.4, 0.5) is 0 Å². The number of carboxylic acids is 2. The second-order valence-electron chi connectivity index (χ2n) is 11.5. The van der Waals surface area contributed by atoms with E-state index < -0.39 is 11.9 Å². The third-order valence-corrected chi connectivity index (χ3v) is 7.49. The van der Waals surface area contributed by atoms with E-state index in [0.717, 1.165) is 25.7 Å². The Morgan fingerprint density at radius 3 is 0.650 bits per heavy atom. The summed E-state index contributed by atoms with van der Waals surface area (Å²) >= 11 is 0. The molecule has 0 saturated carbocycles. The molecule has 0 aliphatic heterocycles. The van der Waals surface area contributed by atoms with Crippen molar-refractivity contribution in [2.75, 3.05) is 0 Å². The molecule has 2 N–H and O–H groups in total. The minimum Gasteiger partial charge on any atom is -0.481 e. The lowest BCUT2D eigenvalue weighted by molar-refractivity contribution is -0.138. The fourth-order valence-corrected chi connectivity index (χ4v) is 4.94. The quantitative estimate of drug-likeness (QED) is 0.0667. The maximum atomic E-state index is 10.3. The van der Waals surface area contributed by atoms with Crippen molar-refractivity contribution in [3.8, 4) is 0 Å². The second kappa shape index (κ2) is 42.2. The number of hydrogen-bond donors (Lipinski definition) is 2.